The number of fused-ring (bicyclic) bond motifs is 1. The number of Topliss-reactive ketones (excluding diaryl/α,β-unsaturated/α-hetero) is 1. The Kier molecular flexibility index (Phi) is 4.63. The first-order valence-corrected chi connectivity index (χ1v) is 12.5. The molecule has 0 radical (unpaired) electrons. The van der Waals surface area contributed by atoms with Gasteiger partial charge in [-0.15, -0.1) is 0 Å². The fourth-order valence-corrected chi connectivity index (χ4v) is 6.30. The third-order valence-corrected chi connectivity index (χ3v) is 11.9. The van der Waals surface area contributed by atoms with Crippen LogP contribution in [0, 0.1) is 17.3 Å². The Morgan fingerprint density at radius 3 is 2.36 bits per heavy atom. The standard InChI is InChI=1S/C20H34O4Si/c1-18(2,3)25(6,7)24-16-10-8-9-14-13-15-11-12-19(14,16)17(21)20(15,22-4)23-5/h11-12,14-16H,8-10,13H2,1-7H3/t14-,15?,16-,19?/m0/s1. The van der Waals surface area contributed by atoms with Gasteiger partial charge in [0.1, 0.15) is 0 Å². The molecule has 5 heteroatoms. The van der Waals surface area contributed by atoms with E-state index >= 15 is 0 Å². The average molecular weight is 367 g/mol. The summed E-state index contributed by atoms with van der Waals surface area (Å²) < 4.78 is 18.2. The SMILES string of the molecule is COC1(OC)C(=O)C23C=CC1C[C@@H]2CCC[C@@H]3O[Si](C)(C)C(C)(C)C. The van der Waals surface area contributed by atoms with Crippen LogP contribution in [0.4, 0.5) is 0 Å². The lowest BCUT2D eigenvalue weighted by atomic mass is 9.50. The van der Waals surface area contributed by atoms with E-state index in [4.69, 9.17) is 13.9 Å². The first-order valence-electron chi connectivity index (χ1n) is 9.57. The zero-order valence-electron chi connectivity index (χ0n) is 16.8. The van der Waals surface area contributed by atoms with Crippen molar-refractivity contribution in [3.05, 3.63) is 12.2 Å². The lowest BCUT2D eigenvalue weighted by Crippen LogP contribution is -2.69. The molecular formula is C20H34O4Si. The van der Waals surface area contributed by atoms with Crippen LogP contribution in [-0.4, -0.2) is 40.2 Å². The minimum Gasteiger partial charge on any atom is -0.413 e. The molecule has 1 spiro atoms. The van der Waals surface area contributed by atoms with Crippen molar-refractivity contribution < 1.29 is 18.7 Å². The third-order valence-electron chi connectivity index (χ3n) is 7.42. The molecule has 4 aliphatic rings. The maximum Gasteiger partial charge on any atom is 0.235 e. The average Bonchev–Trinajstić information content (AvgIpc) is 2.54. The first-order chi connectivity index (χ1) is 11.5. The first kappa shape index (κ1) is 19.3. The lowest BCUT2D eigenvalue weighted by molar-refractivity contribution is -0.256. The molecule has 4 rings (SSSR count). The van der Waals surface area contributed by atoms with Crippen LogP contribution in [0.25, 0.3) is 0 Å². The summed E-state index contributed by atoms with van der Waals surface area (Å²) in [6.45, 7) is 11.3. The number of carbonyl (C=O) groups excluding carboxylic acids is 1. The van der Waals surface area contributed by atoms with E-state index in [0.717, 1.165) is 25.7 Å². The van der Waals surface area contributed by atoms with Gasteiger partial charge in [-0.1, -0.05) is 39.3 Å². The van der Waals surface area contributed by atoms with Crippen molar-refractivity contribution in [2.45, 2.75) is 76.5 Å². The van der Waals surface area contributed by atoms with E-state index < -0.39 is 19.5 Å². The molecule has 2 saturated carbocycles. The Morgan fingerprint density at radius 1 is 1.16 bits per heavy atom. The zero-order valence-corrected chi connectivity index (χ0v) is 17.8. The molecule has 2 unspecified atom stereocenters. The highest BCUT2D eigenvalue weighted by Crippen LogP contribution is 2.60. The second kappa shape index (κ2) is 6.01. The van der Waals surface area contributed by atoms with E-state index in [0.29, 0.717) is 5.92 Å². The van der Waals surface area contributed by atoms with Crippen LogP contribution >= 0.6 is 0 Å². The number of carbonyl (C=O) groups is 1. The molecule has 0 amide bonds. The van der Waals surface area contributed by atoms with Crippen LogP contribution in [0.2, 0.25) is 18.1 Å². The third kappa shape index (κ3) is 2.53. The van der Waals surface area contributed by atoms with Crippen molar-refractivity contribution in [3.63, 3.8) is 0 Å². The van der Waals surface area contributed by atoms with Gasteiger partial charge in [0.25, 0.3) is 0 Å². The van der Waals surface area contributed by atoms with Crippen LogP contribution < -0.4 is 0 Å². The number of ketones is 1. The van der Waals surface area contributed by atoms with Gasteiger partial charge in [0.2, 0.25) is 11.6 Å². The highest BCUT2D eigenvalue weighted by atomic mass is 28.4. The Balaban J connectivity index is 2.03. The highest BCUT2D eigenvalue weighted by Gasteiger charge is 2.68. The largest absolute Gasteiger partial charge is 0.413 e. The molecule has 2 fully saturated rings. The van der Waals surface area contributed by atoms with Gasteiger partial charge in [0, 0.05) is 20.1 Å². The van der Waals surface area contributed by atoms with E-state index in [1.165, 1.54) is 0 Å². The smallest absolute Gasteiger partial charge is 0.235 e. The van der Waals surface area contributed by atoms with Crippen LogP contribution in [0.15, 0.2) is 12.2 Å². The fraction of sp³-hybridized carbons (Fsp3) is 0.850. The quantitative estimate of drug-likeness (QED) is 0.422. The van der Waals surface area contributed by atoms with E-state index in [-0.39, 0.29) is 22.8 Å². The predicted molar refractivity (Wildman–Crippen MR) is 101 cm³/mol. The van der Waals surface area contributed by atoms with Gasteiger partial charge >= 0.3 is 0 Å². The number of hydrogen-bond acceptors (Lipinski definition) is 4. The van der Waals surface area contributed by atoms with Crippen molar-refractivity contribution in [3.8, 4) is 0 Å². The summed E-state index contributed by atoms with van der Waals surface area (Å²) in [5.41, 5.74) is -0.589. The van der Waals surface area contributed by atoms with Gasteiger partial charge in [-0.05, 0) is 43.3 Å². The zero-order chi connectivity index (χ0) is 18.7. The summed E-state index contributed by atoms with van der Waals surface area (Å²) in [4.78, 5) is 13.7. The Hall–Kier alpha value is -0.493. The second-order valence-electron chi connectivity index (χ2n) is 9.53. The molecule has 0 heterocycles. The van der Waals surface area contributed by atoms with Crippen molar-refractivity contribution in [2.75, 3.05) is 14.2 Å². The fourth-order valence-electron chi connectivity index (χ4n) is 4.93. The van der Waals surface area contributed by atoms with Gasteiger partial charge in [0.15, 0.2) is 8.32 Å². The molecule has 0 aliphatic heterocycles. The van der Waals surface area contributed by atoms with Crippen LogP contribution in [-0.2, 0) is 18.7 Å². The number of hydrogen-bond donors (Lipinski definition) is 0. The molecule has 25 heavy (non-hydrogen) atoms. The Bertz CT molecular complexity index is 573. The Morgan fingerprint density at radius 2 is 1.80 bits per heavy atom. The molecule has 142 valence electrons. The van der Waals surface area contributed by atoms with E-state index in [2.05, 4.69) is 46.0 Å². The Labute approximate surface area is 153 Å². The maximum atomic E-state index is 13.7. The predicted octanol–water partition coefficient (Wildman–Crippen LogP) is 4.31. The van der Waals surface area contributed by atoms with Crippen LogP contribution in [0.5, 0.6) is 0 Å². The van der Waals surface area contributed by atoms with Gasteiger partial charge in [0.05, 0.1) is 11.5 Å². The molecule has 2 bridgehead atoms. The van der Waals surface area contributed by atoms with Crippen LogP contribution in [0.3, 0.4) is 0 Å². The second-order valence-corrected chi connectivity index (χ2v) is 14.3. The molecule has 0 aromatic heterocycles. The maximum absolute atomic E-state index is 13.7. The van der Waals surface area contributed by atoms with Gasteiger partial charge in [-0.2, -0.15) is 0 Å². The van der Waals surface area contributed by atoms with E-state index in [1.807, 2.05) is 0 Å². The van der Waals surface area contributed by atoms with Crippen molar-refractivity contribution >= 4 is 14.1 Å². The number of rotatable bonds is 4. The summed E-state index contributed by atoms with van der Waals surface area (Å²) >= 11 is 0. The summed E-state index contributed by atoms with van der Waals surface area (Å²) in [6, 6.07) is 0. The summed E-state index contributed by atoms with van der Waals surface area (Å²) in [7, 11) is 1.20. The molecule has 0 aromatic carbocycles. The molecular weight excluding hydrogens is 332 g/mol. The van der Waals surface area contributed by atoms with Crippen molar-refractivity contribution in [1.29, 1.82) is 0 Å². The number of ether oxygens (including phenoxy) is 2. The highest BCUT2D eigenvalue weighted by molar-refractivity contribution is 6.74. The summed E-state index contributed by atoms with van der Waals surface area (Å²) in [5.74, 6) is -0.708. The van der Waals surface area contributed by atoms with Crippen molar-refractivity contribution in [2.24, 2.45) is 17.3 Å². The van der Waals surface area contributed by atoms with Gasteiger partial charge < -0.3 is 13.9 Å². The minimum absolute atomic E-state index is 0.00787. The molecule has 0 aromatic rings. The summed E-state index contributed by atoms with van der Waals surface area (Å²) in [6.07, 6.45) is 8.34. The van der Waals surface area contributed by atoms with E-state index in [1.54, 1.807) is 14.2 Å². The van der Waals surface area contributed by atoms with Gasteiger partial charge in [-0.3, -0.25) is 4.79 Å². The number of methoxy groups -OCH3 is 2. The normalized spacial score (nSPS) is 37.2. The lowest BCUT2D eigenvalue weighted by Gasteiger charge is -2.60. The van der Waals surface area contributed by atoms with Gasteiger partial charge in [-0.25, -0.2) is 0 Å². The molecule has 4 atom stereocenters. The monoisotopic (exact) mass is 366 g/mol. The molecule has 4 aliphatic carbocycles. The minimum atomic E-state index is -1.98. The summed E-state index contributed by atoms with van der Waals surface area (Å²) in [5, 5.41) is 0.120. The van der Waals surface area contributed by atoms with Crippen molar-refractivity contribution in [1.82, 2.24) is 0 Å². The molecule has 0 N–H and O–H groups in total. The molecule has 0 saturated heterocycles. The van der Waals surface area contributed by atoms with E-state index in [9.17, 15) is 4.79 Å². The topological polar surface area (TPSA) is 44.8 Å². The van der Waals surface area contributed by atoms with Crippen LogP contribution in [0.1, 0.15) is 46.5 Å². The molecule has 4 nitrogen and oxygen atoms in total.